The summed E-state index contributed by atoms with van der Waals surface area (Å²) >= 11 is 0. The fourth-order valence-corrected chi connectivity index (χ4v) is 3.00. The summed E-state index contributed by atoms with van der Waals surface area (Å²) in [5, 5.41) is 0. The molecular weight excluding hydrogens is 232 g/mol. The fourth-order valence-electron chi connectivity index (χ4n) is 3.00. The second-order valence-electron chi connectivity index (χ2n) is 5.42. The van der Waals surface area contributed by atoms with Crippen molar-refractivity contribution in [2.24, 2.45) is 0 Å². The zero-order valence-electron chi connectivity index (χ0n) is 11.6. The Morgan fingerprint density at radius 1 is 1.05 bits per heavy atom. The Morgan fingerprint density at radius 3 is 2.58 bits per heavy atom. The second-order valence-corrected chi connectivity index (χ2v) is 5.42. The summed E-state index contributed by atoms with van der Waals surface area (Å²) in [7, 11) is 0. The largest absolute Gasteiger partial charge is 0.398 e. The molecule has 2 N–H and O–H groups in total. The Bertz CT molecular complexity index is 604. The first-order valence-corrected chi connectivity index (χ1v) is 6.82. The van der Waals surface area contributed by atoms with E-state index < -0.39 is 0 Å². The monoisotopic (exact) mass is 252 g/mol. The fraction of sp³-hybridized carbons (Fsp3) is 0.294. The molecule has 0 saturated heterocycles. The average molecular weight is 252 g/mol. The SMILES string of the molecule is Cc1ccccc1C(C)N1Cc2cccc(N)c2C1. The number of fused-ring (bicyclic) bond motifs is 1. The van der Waals surface area contributed by atoms with Crippen LogP contribution in [0.5, 0.6) is 0 Å². The molecule has 98 valence electrons. The van der Waals surface area contributed by atoms with Crippen molar-refractivity contribution in [1.82, 2.24) is 4.90 Å². The first kappa shape index (κ1) is 12.2. The van der Waals surface area contributed by atoms with Crippen molar-refractivity contribution in [2.45, 2.75) is 33.0 Å². The van der Waals surface area contributed by atoms with Gasteiger partial charge in [0.05, 0.1) is 0 Å². The van der Waals surface area contributed by atoms with Crippen LogP contribution < -0.4 is 5.73 Å². The Morgan fingerprint density at radius 2 is 1.84 bits per heavy atom. The second kappa shape index (κ2) is 4.71. The molecule has 0 aliphatic carbocycles. The van der Waals surface area contributed by atoms with Crippen LogP contribution in [0.4, 0.5) is 5.69 Å². The number of rotatable bonds is 2. The van der Waals surface area contributed by atoms with Gasteiger partial charge in [0.2, 0.25) is 0 Å². The first-order chi connectivity index (χ1) is 9.16. The molecule has 1 unspecified atom stereocenters. The lowest BCUT2D eigenvalue weighted by molar-refractivity contribution is 0.214. The highest BCUT2D eigenvalue weighted by Gasteiger charge is 2.25. The third-order valence-corrected chi connectivity index (χ3v) is 4.23. The summed E-state index contributed by atoms with van der Waals surface area (Å²) in [6.07, 6.45) is 0. The molecule has 19 heavy (non-hydrogen) atoms. The van der Waals surface area contributed by atoms with Gasteiger partial charge in [0.25, 0.3) is 0 Å². The maximum absolute atomic E-state index is 6.08. The number of benzene rings is 2. The molecule has 0 bridgehead atoms. The van der Waals surface area contributed by atoms with Gasteiger partial charge < -0.3 is 5.73 Å². The molecule has 1 aliphatic heterocycles. The Hall–Kier alpha value is -1.80. The van der Waals surface area contributed by atoms with Crippen molar-refractivity contribution in [2.75, 3.05) is 5.73 Å². The van der Waals surface area contributed by atoms with Gasteiger partial charge in [0.1, 0.15) is 0 Å². The molecule has 1 heterocycles. The standard InChI is InChI=1S/C17H20N2/c1-12-6-3-4-8-15(12)13(2)19-10-14-7-5-9-17(18)16(14)11-19/h3-9,13H,10-11,18H2,1-2H3. The lowest BCUT2D eigenvalue weighted by Gasteiger charge is -2.25. The quantitative estimate of drug-likeness (QED) is 0.827. The van der Waals surface area contributed by atoms with Crippen molar-refractivity contribution in [3.05, 3.63) is 64.7 Å². The Kier molecular flexibility index (Phi) is 3.03. The van der Waals surface area contributed by atoms with E-state index >= 15 is 0 Å². The number of hydrogen-bond donors (Lipinski definition) is 1. The zero-order valence-corrected chi connectivity index (χ0v) is 11.6. The minimum atomic E-state index is 0.424. The Labute approximate surface area is 114 Å². The predicted octanol–water partition coefficient (Wildman–Crippen LogP) is 3.65. The van der Waals surface area contributed by atoms with E-state index in [4.69, 9.17) is 5.73 Å². The maximum Gasteiger partial charge on any atom is 0.0363 e. The van der Waals surface area contributed by atoms with E-state index in [0.29, 0.717) is 6.04 Å². The van der Waals surface area contributed by atoms with Crippen molar-refractivity contribution in [3.63, 3.8) is 0 Å². The van der Waals surface area contributed by atoms with E-state index in [0.717, 1.165) is 18.8 Å². The summed E-state index contributed by atoms with van der Waals surface area (Å²) in [6.45, 7) is 6.42. The number of anilines is 1. The van der Waals surface area contributed by atoms with Gasteiger partial charge in [-0.15, -0.1) is 0 Å². The average Bonchev–Trinajstić information content (AvgIpc) is 2.84. The molecule has 2 heteroatoms. The third-order valence-electron chi connectivity index (χ3n) is 4.23. The Balaban J connectivity index is 1.87. The lowest BCUT2D eigenvalue weighted by atomic mass is 10.0. The van der Waals surface area contributed by atoms with Gasteiger partial charge in [-0.1, -0.05) is 36.4 Å². The van der Waals surface area contributed by atoms with E-state index in [1.165, 1.54) is 22.3 Å². The highest BCUT2D eigenvalue weighted by atomic mass is 15.2. The van der Waals surface area contributed by atoms with Gasteiger partial charge in [-0.25, -0.2) is 0 Å². The van der Waals surface area contributed by atoms with Crippen LogP contribution >= 0.6 is 0 Å². The number of nitrogen functional groups attached to an aromatic ring is 1. The molecule has 0 amide bonds. The maximum atomic E-state index is 6.08. The molecule has 2 aromatic rings. The number of nitrogens with zero attached hydrogens (tertiary/aromatic N) is 1. The van der Waals surface area contributed by atoms with Crippen molar-refractivity contribution in [3.8, 4) is 0 Å². The molecule has 0 fully saturated rings. The van der Waals surface area contributed by atoms with Gasteiger partial charge in [0, 0.05) is 24.8 Å². The third kappa shape index (κ3) is 2.13. The number of nitrogens with two attached hydrogens (primary N) is 1. The molecule has 0 saturated carbocycles. The van der Waals surface area contributed by atoms with Crippen LogP contribution in [-0.2, 0) is 13.1 Å². The zero-order chi connectivity index (χ0) is 13.4. The summed E-state index contributed by atoms with van der Waals surface area (Å²) in [5.74, 6) is 0. The van der Waals surface area contributed by atoms with Gasteiger partial charge in [-0.05, 0) is 42.2 Å². The predicted molar refractivity (Wildman–Crippen MR) is 79.7 cm³/mol. The summed E-state index contributed by atoms with van der Waals surface area (Å²) in [5.41, 5.74) is 12.5. The van der Waals surface area contributed by atoms with E-state index in [1.807, 2.05) is 6.07 Å². The first-order valence-electron chi connectivity index (χ1n) is 6.82. The summed E-state index contributed by atoms with van der Waals surface area (Å²) < 4.78 is 0. The van der Waals surface area contributed by atoms with E-state index in [9.17, 15) is 0 Å². The van der Waals surface area contributed by atoms with Gasteiger partial charge >= 0.3 is 0 Å². The highest BCUT2D eigenvalue weighted by molar-refractivity contribution is 5.52. The molecule has 3 rings (SSSR count). The smallest absolute Gasteiger partial charge is 0.0363 e. The molecule has 1 atom stereocenters. The van der Waals surface area contributed by atoms with Crippen LogP contribution in [0.25, 0.3) is 0 Å². The molecule has 1 aliphatic rings. The van der Waals surface area contributed by atoms with Crippen molar-refractivity contribution >= 4 is 5.69 Å². The molecule has 2 aromatic carbocycles. The van der Waals surface area contributed by atoms with Crippen LogP contribution in [0.2, 0.25) is 0 Å². The van der Waals surface area contributed by atoms with Crippen LogP contribution in [-0.4, -0.2) is 4.90 Å². The van der Waals surface area contributed by atoms with Crippen LogP contribution in [0.15, 0.2) is 42.5 Å². The minimum Gasteiger partial charge on any atom is -0.398 e. The number of aryl methyl sites for hydroxylation is 1. The van der Waals surface area contributed by atoms with Gasteiger partial charge in [0.15, 0.2) is 0 Å². The molecule has 0 aromatic heterocycles. The highest BCUT2D eigenvalue weighted by Crippen LogP contribution is 2.34. The van der Waals surface area contributed by atoms with Crippen molar-refractivity contribution in [1.29, 1.82) is 0 Å². The van der Waals surface area contributed by atoms with E-state index in [2.05, 4.69) is 55.1 Å². The van der Waals surface area contributed by atoms with Crippen LogP contribution in [0.1, 0.15) is 35.2 Å². The molecular formula is C17H20N2. The lowest BCUT2D eigenvalue weighted by Crippen LogP contribution is -2.21. The molecule has 0 radical (unpaired) electrons. The van der Waals surface area contributed by atoms with Gasteiger partial charge in [-0.3, -0.25) is 4.90 Å². The van der Waals surface area contributed by atoms with E-state index in [-0.39, 0.29) is 0 Å². The topological polar surface area (TPSA) is 29.3 Å². The van der Waals surface area contributed by atoms with E-state index in [1.54, 1.807) is 0 Å². The number of hydrogen-bond acceptors (Lipinski definition) is 2. The van der Waals surface area contributed by atoms with Crippen LogP contribution in [0, 0.1) is 6.92 Å². The van der Waals surface area contributed by atoms with Crippen LogP contribution in [0.3, 0.4) is 0 Å². The molecule has 2 nitrogen and oxygen atoms in total. The summed E-state index contributed by atoms with van der Waals surface area (Å²) in [4.78, 5) is 2.49. The van der Waals surface area contributed by atoms with Gasteiger partial charge in [-0.2, -0.15) is 0 Å². The minimum absolute atomic E-state index is 0.424. The van der Waals surface area contributed by atoms with Crippen molar-refractivity contribution < 1.29 is 0 Å². The normalized spacial score (nSPS) is 16.3. The summed E-state index contributed by atoms with van der Waals surface area (Å²) in [6, 6.07) is 15.3. The molecule has 0 spiro atoms.